The summed E-state index contributed by atoms with van der Waals surface area (Å²) < 4.78 is 5.18. The van der Waals surface area contributed by atoms with E-state index in [1.165, 1.54) is 5.56 Å². The number of nitrogens with two attached hydrogens (primary N) is 1. The van der Waals surface area contributed by atoms with Crippen LogP contribution < -0.4 is 10.5 Å². The van der Waals surface area contributed by atoms with Gasteiger partial charge in [-0.3, -0.25) is 9.69 Å². The van der Waals surface area contributed by atoms with Crippen molar-refractivity contribution in [2.24, 2.45) is 17.6 Å². The van der Waals surface area contributed by atoms with Crippen molar-refractivity contribution >= 4 is 5.91 Å². The van der Waals surface area contributed by atoms with Gasteiger partial charge in [-0.2, -0.15) is 0 Å². The van der Waals surface area contributed by atoms with Crippen LogP contribution in [0.2, 0.25) is 0 Å². The molecule has 0 spiro atoms. The summed E-state index contributed by atoms with van der Waals surface area (Å²) in [6, 6.07) is 8.27. The Bertz CT molecular complexity index is 450. The van der Waals surface area contributed by atoms with Crippen LogP contribution in [-0.4, -0.2) is 31.0 Å². The van der Waals surface area contributed by atoms with Gasteiger partial charge in [0, 0.05) is 12.5 Å². The topological polar surface area (TPSA) is 55.6 Å². The molecule has 1 aliphatic heterocycles. The fraction of sp³-hybridized carbons (Fsp3) is 0.588. The lowest BCUT2D eigenvalue weighted by Gasteiger charge is -2.32. The van der Waals surface area contributed by atoms with Gasteiger partial charge in [0.05, 0.1) is 7.11 Å². The minimum atomic E-state index is -0.171. The van der Waals surface area contributed by atoms with E-state index in [0.29, 0.717) is 5.92 Å². The van der Waals surface area contributed by atoms with Gasteiger partial charge < -0.3 is 10.5 Å². The summed E-state index contributed by atoms with van der Waals surface area (Å²) in [6.45, 7) is 5.12. The van der Waals surface area contributed by atoms with Crippen LogP contribution in [0.25, 0.3) is 0 Å². The van der Waals surface area contributed by atoms with Gasteiger partial charge >= 0.3 is 0 Å². The van der Waals surface area contributed by atoms with E-state index in [2.05, 4.69) is 17.0 Å². The molecule has 4 heteroatoms. The Morgan fingerprint density at radius 1 is 1.33 bits per heavy atom. The number of primary amides is 1. The average Bonchev–Trinajstić information content (AvgIpc) is 2.50. The van der Waals surface area contributed by atoms with Crippen molar-refractivity contribution in [2.45, 2.75) is 32.7 Å². The van der Waals surface area contributed by atoms with Crippen molar-refractivity contribution < 1.29 is 9.53 Å². The number of methoxy groups -OCH3 is 1. The number of amides is 1. The molecular formula is C17H26N2O2. The normalized spacial score (nSPS) is 18.4. The number of piperidine rings is 1. The van der Waals surface area contributed by atoms with E-state index >= 15 is 0 Å². The van der Waals surface area contributed by atoms with E-state index in [4.69, 9.17) is 10.5 Å². The first kappa shape index (κ1) is 15.8. The zero-order valence-electron chi connectivity index (χ0n) is 13.0. The van der Waals surface area contributed by atoms with Crippen molar-refractivity contribution in [1.29, 1.82) is 0 Å². The lowest BCUT2D eigenvalue weighted by molar-refractivity contribution is -0.121. The Balaban J connectivity index is 1.77. The van der Waals surface area contributed by atoms with E-state index in [0.717, 1.165) is 44.6 Å². The second-order valence-electron chi connectivity index (χ2n) is 6.11. The molecule has 1 aliphatic rings. The lowest BCUT2D eigenvalue weighted by atomic mass is 9.87. The van der Waals surface area contributed by atoms with Crippen LogP contribution >= 0.6 is 0 Å². The monoisotopic (exact) mass is 290 g/mol. The summed E-state index contributed by atoms with van der Waals surface area (Å²) in [5.41, 5.74) is 6.67. The number of nitrogens with zero attached hydrogens (tertiary/aromatic N) is 1. The summed E-state index contributed by atoms with van der Waals surface area (Å²) in [5.74, 6) is 1.37. The Labute approximate surface area is 127 Å². The number of rotatable bonds is 6. The highest BCUT2D eigenvalue weighted by Crippen LogP contribution is 2.25. The quantitative estimate of drug-likeness (QED) is 0.875. The predicted molar refractivity (Wildman–Crippen MR) is 84.0 cm³/mol. The van der Waals surface area contributed by atoms with Crippen molar-refractivity contribution in [3.63, 3.8) is 0 Å². The summed E-state index contributed by atoms with van der Waals surface area (Å²) in [5, 5.41) is 0. The largest absolute Gasteiger partial charge is 0.497 e. The van der Waals surface area contributed by atoms with Crippen molar-refractivity contribution in [3.8, 4) is 5.75 Å². The van der Waals surface area contributed by atoms with Gasteiger partial charge in [-0.1, -0.05) is 19.1 Å². The van der Waals surface area contributed by atoms with Gasteiger partial charge in [0.25, 0.3) is 0 Å². The number of hydrogen-bond donors (Lipinski definition) is 1. The second-order valence-corrected chi connectivity index (χ2v) is 6.11. The number of carbonyl (C=O) groups is 1. The average molecular weight is 290 g/mol. The number of hydrogen-bond acceptors (Lipinski definition) is 3. The molecule has 0 aromatic heterocycles. The van der Waals surface area contributed by atoms with Gasteiger partial charge in [-0.15, -0.1) is 0 Å². The van der Waals surface area contributed by atoms with Crippen molar-refractivity contribution in [2.75, 3.05) is 20.2 Å². The molecule has 1 atom stereocenters. The summed E-state index contributed by atoms with van der Waals surface area (Å²) in [4.78, 5) is 13.6. The zero-order valence-corrected chi connectivity index (χ0v) is 13.0. The zero-order chi connectivity index (χ0) is 15.2. The SMILES string of the molecule is COc1ccc(CN2CCC(CC(C)C(N)=O)CC2)cc1. The third kappa shape index (κ3) is 4.74. The minimum Gasteiger partial charge on any atom is -0.497 e. The van der Waals surface area contributed by atoms with Crippen LogP contribution in [0, 0.1) is 11.8 Å². The Kier molecular flexibility index (Phi) is 5.62. The summed E-state index contributed by atoms with van der Waals surface area (Å²) >= 11 is 0. The van der Waals surface area contributed by atoms with Crippen molar-refractivity contribution in [1.82, 2.24) is 4.90 Å². The third-order valence-electron chi connectivity index (χ3n) is 4.44. The second kappa shape index (κ2) is 7.46. The molecular weight excluding hydrogens is 264 g/mol. The summed E-state index contributed by atoms with van der Waals surface area (Å²) in [6.07, 6.45) is 3.26. The molecule has 1 fully saturated rings. The molecule has 0 bridgehead atoms. The van der Waals surface area contributed by atoms with E-state index in [-0.39, 0.29) is 11.8 Å². The van der Waals surface area contributed by atoms with Crippen LogP contribution in [-0.2, 0) is 11.3 Å². The maximum atomic E-state index is 11.1. The highest BCUT2D eigenvalue weighted by molar-refractivity contribution is 5.76. The molecule has 0 saturated carbocycles. The van der Waals surface area contributed by atoms with Crippen LogP contribution in [0.1, 0.15) is 31.7 Å². The maximum Gasteiger partial charge on any atom is 0.220 e. The first-order valence-corrected chi connectivity index (χ1v) is 7.73. The van der Waals surface area contributed by atoms with Gasteiger partial charge in [0.2, 0.25) is 5.91 Å². The van der Waals surface area contributed by atoms with Gasteiger partial charge in [0.1, 0.15) is 5.75 Å². The number of likely N-dealkylation sites (tertiary alicyclic amines) is 1. The van der Waals surface area contributed by atoms with Crippen LogP contribution in [0.4, 0.5) is 0 Å². The molecule has 116 valence electrons. The minimum absolute atomic E-state index is 0.00291. The Morgan fingerprint density at radius 3 is 2.48 bits per heavy atom. The first-order chi connectivity index (χ1) is 10.1. The standard InChI is InChI=1S/C17H26N2O2/c1-13(17(18)20)11-14-7-9-19(10-8-14)12-15-3-5-16(21-2)6-4-15/h3-6,13-14H,7-12H2,1-2H3,(H2,18,20). The van der Waals surface area contributed by atoms with Crippen LogP contribution in [0.15, 0.2) is 24.3 Å². The van der Waals surface area contributed by atoms with Gasteiger partial charge in [0.15, 0.2) is 0 Å². The molecule has 1 aromatic carbocycles. The Morgan fingerprint density at radius 2 is 1.95 bits per heavy atom. The number of benzene rings is 1. The molecule has 1 heterocycles. The van der Waals surface area contributed by atoms with Gasteiger partial charge in [-0.05, 0) is 56.0 Å². The van der Waals surface area contributed by atoms with E-state index in [9.17, 15) is 4.79 Å². The van der Waals surface area contributed by atoms with E-state index < -0.39 is 0 Å². The molecule has 0 radical (unpaired) electrons. The maximum absolute atomic E-state index is 11.1. The first-order valence-electron chi connectivity index (χ1n) is 7.73. The molecule has 2 rings (SSSR count). The highest BCUT2D eigenvalue weighted by Gasteiger charge is 2.22. The number of carbonyl (C=O) groups excluding carboxylic acids is 1. The predicted octanol–water partition coefficient (Wildman–Crippen LogP) is 2.42. The molecule has 1 aromatic rings. The van der Waals surface area contributed by atoms with Gasteiger partial charge in [-0.25, -0.2) is 0 Å². The molecule has 1 amide bonds. The molecule has 1 saturated heterocycles. The smallest absolute Gasteiger partial charge is 0.220 e. The third-order valence-corrected chi connectivity index (χ3v) is 4.44. The van der Waals surface area contributed by atoms with E-state index in [1.54, 1.807) is 7.11 Å². The summed E-state index contributed by atoms with van der Waals surface area (Å²) in [7, 11) is 1.69. The van der Waals surface area contributed by atoms with Crippen molar-refractivity contribution in [3.05, 3.63) is 29.8 Å². The lowest BCUT2D eigenvalue weighted by Crippen LogP contribution is -2.34. The molecule has 2 N–H and O–H groups in total. The fourth-order valence-electron chi connectivity index (χ4n) is 2.99. The molecule has 1 unspecified atom stereocenters. The Hall–Kier alpha value is -1.55. The number of ether oxygens (including phenoxy) is 1. The highest BCUT2D eigenvalue weighted by atomic mass is 16.5. The molecule has 0 aliphatic carbocycles. The molecule has 21 heavy (non-hydrogen) atoms. The van der Waals surface area contributed by atoms with E-state index in [1.807, 2.05) is 19.1 Å². The van der Waals surface area contributed by atoms with Crippen LogP contribution in [0.3, 0.4) is 0 Å². The van der Waals surface area contributed by atoms with Crippen LogP contribution in [0.5, 0.6) is 5.75 Å². The molecule has 4 nitrogen and oxygen atoms in total. The fourth-order valence-corrected chi connectivity index (χ4v) is 2.99.